The molecule has 1 aliphatic rings. The second kappa shape index (κ2) is 6.90. The zero-order chi connectivity index (χ0) is 18.0. The zero-order valence-corrected chi connectivity index (χ0v) is 14.6. The fraction of sp³-hybridized carbons (Fsp3) is 0.438. The van der Waals surface area contributed by atoms with Crippen molar-refractivity contribution in [2.45, 2.75) is 12.8 Å². The molecule has 1 aliphatic heterocycles. The van der Waals surface area contributed by atoms with Crippen molar-refractivity contribution >= 4 is 32.4 Å². The van der Waals surface area contributed by atoms with E-state index in [-0.39, 0.29) is 11.6 Å². The summed E-state index contributed by atoms with van der Waals surface area (Å²) in [6.45, 7) is 8.87. The first-order chi connectivity index (χ1) is 11.9. The summed E-state index contributed by atoms with van der Waals surface area (Å²) in [5, 5.41) is 0.631. The largest absolute Gasteiger partial charge is 0.356 e. The summed E-state index contributed by atoms with van der Waals surface area (Å²) in [5.41, 5.74) is 0.391. The van der Waals surface area contributed by atoms with Crippen LogP contribution in [0.5, 0.6) is 0 Å². The van der Waals surface area contributed by atoms with Gasteiger partial charge < -0.3 is 4.90 Å². The van der Waals surface area contributed by atoms with E-state index in [9.17, 15) is 12.8 Å². The average Bonchev–Trinajstić information content (AvgIpc) is 2.58. The summed E-state index contributed by atoms with van der Waals surface area (Å²) >= 11 is 0. The Morgan fingerprint density at radius 1 is 1.44 bits per heavy atom. The van der Waals surface area contributed by atoms with Gasteiger partial charge >= 0.3 is 0 Å². The van der Waals surface area contributed by atoms with Crippen LogP contribution in [-0.4, -0.2) is 44.3 Å². The lowest BCUT2D eigenvalue weighted by Gasteiger charge is -2.34. The Bertz CT molecular complexity index is 941. The smallest absolute Gasteiger partial charge is 0.222 e. The molecule has 132 valence electrons. The molecule has 0 aliphatic carbocycles. The van der Waals surface area contributed by atoms with Crippen LogP contribution in [0, 0.1) is 18.3 Å². The van der Waals surface area contributed by atoms with Crippen molar-refractivity contribution in [2.75, 3.05) is 30.8 Å². The van der Waals surface area contributed by atoms with Gasteiger partial charge in [-0.1, -0.05) is 0 Å². The average molecular weight is 363 g/mol. The highest BCUT2D eigenvalue weighted by Crippen LogP contribution is 2.31. The number of fused-ring (bicyclic) bond motifs is 1. The van der Waals surface area contributed by atoms with Crippen LogP contribution in [0.1, 0.15) is 12.8 Å². The van der Waals surface area contributed by atoms with E-state index in [2.05, 4.69) is 19.5 Å². The van der Waals surface area contributed by atoms with E-state index < -0.39 is 15.8 Å². The minimum atomic E-state index is -3.22. The fourth-order valence-electron chi connectivity index (χ4n) is 3.08. The van der Waals surface area contributed by atoms with Gasteiger partial charge in [0.2, 0.25) is 15.7 Å². The SMILES string of the molecule is [C-]#[N+]c1cc2c(N3CCC[C@H](CNS(C)(=O)=O)C3)ncnc2cc1F. The van der Waals surface area contributed by atoms with Crippen LogP contribution in [-0.2, 0) is 10.0 Å². The van der Waals surface area contributed by atoms with Crippen LogP contribution in [0.25, 0.3) is 15.7 Å². The Morgan fingerprint density at radius 3 is 2.96 bits per heavy atom. The minimum Gasteiger partial charge on any atom is -0.356 e. The van der Waals surface area contributed by atoms with Crippen LogP contribution >= 0.6 is 0 Å². The molecule has 9 heteroatoms. The third-order valence-electron chi connectivity index (χ3n) is 4.26. The number of aromatic nitrogens is 2. The number of piperidine rings is 1. The molecule has 2 aromatic rings. The van der Waals surface area contributed by atoms with E-state index in [1.165, 1.54) is 18.5 Å². The number of hydrogen-bond acceptors (Lipinski definition) is 5. The summed E-state index contributed by atoms with van der Waals surface area (Å²) in [6.07, 6.45) is 4.35. The molecule has 2 heterocycles. The zero-order valence-electron chi connectivity index (χ0n) is 13.7. The van der Waals surface area contributed by atoms with Crippen LogP contribution in [0.4, 0.5) is 15.9 Å². The normalized spacial score (nSPS) is 18.3. The highest BCUT2D eigenvalue weighted by Gasteiger charge is 2.23. The lowest BCUT2D eigenvalue weighted by atomic mass is 9.98. The predicted octanol–water partition coefficient (Wildman–Crippen LogP) is 2.09. The number of halogens is 1. The van der Waals surface area contributed by atoms with Gasteiger partial charge in [0, 0.05) is 25.0 Å². The van der Waals surface area contributed by atoms with Crippen LogP contribution < -0.4 is 9.62 Å². The Balaban J connectivity index is 1.89. The molecule has 1 fully saturated rings. The van der Waals surface area contributed by atoms with Gasteiger partial charge in [-0.25, -0.2) is 32.3 Å². The molecule has 1 aromatic heterocycles. The molecule has 0 unspecified atom stereocenters. The maximum Gasteiger partial charge on any atom is 0.222 e. The van der Waals surface area contributed by atoms with Gasteiger partial charge in [0.25, 0.3) is 0 Å². The molecule has 7 nitrogen and oxygen atoms in total. The first kappa shape index (κ1) is 17.5. The number of anilines is 1. The Labute approximate surface area is 145 Å². The van der Waals surface area contributed by atoms with E-state index in [0.717, 1.165) is 25.6 Å². The van der Waals surface area contributed by atoms with Crippen molar-refractivity contribution in [2.24, 2.45) is 5.92 Å². The number of benzene rings is 1. The minimum absolute atomic E-state index is 0.0594. The molecule has 25 heavy (non-hydrogen) atoms. The number of hydrogen-bond donors (Lipinski definition) is 1. The summed E-state index contributed by atoms with van der Waals surface area (Å²) in [6, 6.07) is 2.73. The van der Waals surface area contributed by atoms with Gasteiger partial charge in [0.05, 0.1) is 18.3 Å². The quantitative estimate of drug-likeness (QED) is 0.842. The van der Waals surface area contributed by atoms with Crippen molar-refractivity contribution in [3.8, 4) is 0 Å². The first-order valence-electron chi connectivity index (χ1n) is 7.88. The van der Waals surface area contributed by atoms with Crippen molar-refractivity contribution in [1.82, 2.24) is 14.7 Å². The summed E-state index contributed by atoms with van der Waals surface area (Å²) in [7, 11) is -3.22. The topological polar surface area (TPSA) is 79.5 Å². The van der Waals surface area contributed by atoms with E-state index in [4.69, 9.17) is 6.57 Å². The van der Waals surface area contributed by atoms with Crippen molar-refractivity contribution in [1.29, 1.82) is 0 Å². The number of sulfonamides is 1. The molecule has 0 radical (unpaired) electrons. The number of nitrogens with one attached hydrogen (secondary N) is 1. The molecule has 0 spiro atoms. The third-order valence-corrected chi connectivity index (χ3v) is 4.95. The Kier molecular flexibility index (Phi) is 4.83. The van der Waals surface area contributed by atoms with E-state index in [0.29, 0.717) is 29.8 Å². The van der Waals surface area contributed by atoms with Gasteiger partial charge in [-0.15, -0.1) is 0 Å². The van der Waals surface area contributed by atoms with Crippen LogP contribution in [0.15, 0.2) is 18.5 Å². The standard InChI is InChI=1S/C16H18FN5O2S/c1-18-15-6-12-14(7-13(15)17)19-10-20-16(12)22-5-3-4-11(9-22)8-21-25(2,23)24/h6-7,10-11,21H,3-5,8-9H2,2H3/t11-/m1/s1. The van der Waals surface area contributed by atoms with Crippen LogP contribution in [0.2, 0.25) is 0 Å². The molecule has 1 aromatic carbocycles. The van der Waals surface area contributed by atoms with Crippen molar-refractivity contribution < 1.29 is 12.8 Å². The molecule has 3 rings (SSSR count). The predicted molar refractivity (Wildman–Crippen MR) is 93.5 cm³/mol. The summed E-state index contributed by atoms with van der Waals surface area (Å²) in [4.78, 5) is 13.7. The molecular formula is C16H18FN5O2S. The maximum atomic E-state index is 13.8. The first-order valence-corrected chi connectivity index (χ1v) is 9.78. The molecule has 1 saturated heterocycles. The van der Waals surface area contributed by atoms with Gasteiger partial charge in [-0.05, 0) is 30.9 Å². The monoisotopic (exact) mass is 363 g/mol. The van der Waals surface area contributed by atoms with E-state index in [1.54, 1.807) is 0 Å². The number of nitrogens with zero attached hydrogens (tertiary/aromatic N) is 4. The van der Waals surface area contributed by atoms with Gasteiger partial charge in [-0.2, -0.15) is 0 Å². The Hall–Kier alpha value is -2.31. The third kappa shape index (κ3) is 4.03. The molecule has 0 bridgehead atoms. The van der Waals surface area contributed by atoms with Crippen molar-refractivity contribution in [3.05, 3.63) is 35.7 Å². The van der Waals surface area contributed by atoms with Gasteiger partial charge in [0.1, 0.15) is 18.0 Å². The highest BCUT2D eigenvalue weighted by molar-refractivity contribution is 7.88. The van der Waals surface area contributed by atoms with E-state index in [1.807, 2.05) is 4.90 Å². The highest BCUT2D eigenvalue weighted by atomic mass is 32.2. The molecule has 0 amide bonds. The summed E-state index contributed by atoms with van der Waals surface area (Å²) in [5.74, 6) is 0.217. The lowest BCUT2D eigenvalue weighted by molar-refractivity contribution is 0.410. The maximum absolute atomic E-state index is 13.8. The van der Waals surface area contributed by atoms with Crippen LogP contribution in [0.3, 0.4) is 0 Å². The molecule has 1 N–H and O–H groups in total. The molecular weight excluding hydrogens is 345 g/mol. The Morgan fingerprint density at radius 2 is 2.24 bits per heavy atom. The fourth-order valence-corrected chi connectivity index (χ4v) is 3.62. The summed E-state index contributed by atoms with van der Waals surface area (Å²) < 4.78 is 39.0. The van der Waals surface area contributed by atoms with Gasteiger partial charge in [-0.3, -0.25) is 0 Å². The lowest BCUT2D eigenvalue weighted by Crippen LogP contribution is -2.41. The van der Waals surface area contributed by atoms with Crippen molar-refractivity contribution in [3.63, 3.8) is 0 Å². The molecule has 1 atom stereocenters. The molecule has 0 saturated carbocycles. The second-order valence-corrected chi connectivity index (χ2v) is 8.04. The second-order valence-electron chi connectivity index (χ2n) is 6.20. The van der Waals surface area contributed by atoms with Gasteiger partial charge in [0.15, 0.2) is 0 Å². The number of rotatable bonds is 4. The van der Waals surface area contributed by atoms with E-state index >= 15 is 0 Å².